The summed E-state index contributed by atoms with van der Waals surface area (Å²) in [4.78, 5) is 0. The molecule has 1 aromatic carbocycles. The molecule has 0 saturated heterocycles. The molecule has 0 N–H and O–H groups in total. The van der Waals surface area contributed by atoms with Crippen LogP contribution in [0.5, 0.6) is 5.75 Å². The fourth-order valence-corrected chi connectivity index (χ4v) is 1.88. The Balaban J connectivity index is 2.52. The van der Waals surface area contributed by atoms with Crippen molar-refractivity contribution in [1.82, 2.24) is 0 Å². The number of hydrogen-bond acceptors (Lipinski definition) is 1. The quantitative estimate of drug-likeness (QED) is 0.679. The van der Waals surface area contributed by atoms with Crippen molar-refractivity contribution in [2.45, 2.75) is 19.3 Å². The molecule has 0 aliphatic carbocycles. The molecule has 0 saturated carbocycles. The molecule has 13 heavy (non-hydrogen) atoms. The van der Waals surface area contributed by atoms with E-state index in [0.29, 0.717) is 10.4 Å². The van der Waals surface area contributed by atoms with E-state index in [0.717, 1.165) is 24.3 Å². The monoisotopic (exact) mass is 244 g/mol. The third kappa shape index (κ3) is 1.57. The molecule has 1 aliphatic heterocycles. The SMILES string of the molecule is C[C@@H]1CCOc2cc(Br)c(F)cc21. The first kappa shape index (κ1) is 9.00. The largest absolute Gasteiger partial charge is 0.493 e. The van der Waals surface area contributed by atoms with Gasteiger partial charge in [0.25, 0.3) is 0 Å². The summed E-state index contributed by atoms with van der Waals surface area (Å²) in [6.45, 7) is 2.82. The first-order valence-corrected chi connectivity index (χ1v) is 5.09. The average Bonchev–Trinajstić information content (AvgIpc) is 2.09. The Kier molecular flexibility index (Phi) is 2.28. The number of halogens is 2. The highest BCUT2D eigenvalue weighted by Gasteiger charge is 2.19. The molecule has 1 heterocycles. The fraction of sp³-hybridized carbons (Fsp3) is 0.400. The minimum atomic E-state index is -0.212. The van der Waals surface area contributed by atoms with Crippen molar-refractivity contribution in [3.63, 3.8) is 0 Å². The Bertz CT molecular complexity index is 338. The van der Waals surface area contributed by atoms with Crippen molar-refractivity contribution in [2.75, 3.05) is 6.61 Å². The van der Waals surface area contributed by atoms with Crippen LogP contribution in [-0.4, -0.2) is 6.61 Å². The van der Waals surface area contributed by atoms with Crippen LogP contribution in [0.15, 0.2) is 16.6 Å². The van der Waals surface area contributed by atoms with E-state index in [2.05, 4.69) is 22.9 Å². The fourth-order valence-electron chi connectivity index (χ4n) is 1.56. The van der Waals surface area contributed by atoms with Crippen molar-refractivity contribution in [3.8, 4) is 5.75 Å². The molecule has 0 unspecified atom stereocenters. The zero-order chi connectivity index (χ0) is 9.42. The van der Waals surface area contributed by atoms with Gasteiger partial charge in [-0.05, 0) is 40.4 Å². The minimum absolute atomic E-state index is 0.212. The normalized spacial score (nSPS) is 20.7. The zero-order valence-corrected chi connectivity index (χ0v) is 8.90. The van der Waals surface area contributed by atoms with Crippen LogP contribution in [0.4, 0.5) is 4.39 Å². The summed E-state index contributed by atoms with van der Waals surface area (Å²) in [6.07, 6.45) is 0.966. The summed E-state index contributed by atoms with van der Waals surface area (Å²) >= 11 is 3.14. The second-order valence-electron chi connectivity index (χ2n) is 3.34. The maximum atomic E-state index is 13.2. The summed E-state index contributed by atoms with van der Waals surface area (Å²) in [5, 5.41) is 0. The van der Waals surface area contributed by atoms with Gasteiger partial charge in [0, 0.05) is 5.56 Å². The lowest BCUT2D eigenvalue weighted by molar-refractivity contribution is 0.271. The van der Waals surface area contributed by atoms with Crippen LogP contribution in [0, 0.1) is 5.82 Å². The van der Waals surface area contributed by atoms with Gasteiger partial charge in [0.2, 0.25) is 0 Å². The van der Waals surface area contributed by atoms with Gasteiger partial charge in [-0.2, -0.15) is 0 Å². The molecular formula is C10H10BrFO. The van der Waals surface area contributed by atoms with Crippen LogP contribution >= 0.6 is 15.9 Å². The van der Waals surface area contributed by atoms with Gasteiger partial charge in [0.05, 0.1) is 11.1 Å². The third-order valence-corrected chi connectivity index (χ3v) is 3.00. The second-order valence-corrected chi connectivity index (χ2v) is 4.20. The topological polar surface area (TPSA) is 9.23 Å². The molecule has 1 aliphatic rings. The highest BCUT2D eigenvalue weighted by molar-refractivity contribution is 9.10. The Morgan fingerprint density at radius 2 is 2.31 bits per heavy atom. The van der Waals surface area contributed by atoms with E-state index in [4.69, 9.17) is 4.74 Å². The molecule has 0 bridgehead atoms. The molecule has 1 atom stereocenters. The van der Waals surface area contributed by atoms with E-state index in [9.17, 15) is 4.39 Å². The highest BCUT2D eigenvalue weighted by Crippen LogP contribution is 2.36. The number of benzene rings is 1. The molecule has 0 fully saturated rings. The Morgan fingerprint density at radius 1 is 1.54 bits per heavy atom. The van der Waals surface area contributed by atoms with Gasteiger partial charge in [-0.25, -0.2) is 4.39 Å². The Hall–Kier alpha value is -0.570. The van der Waals surface area contributed by atoms with E-state index in [-0.39, 0.29) is 5.82 Å². The van der Waals surface area contributed by atoms with Gasteiger partial charge in [-0.3, -0.25) is 0 Å². The molecule has 2 rings (SSSR count). The molecular weight excluding hydrogens is 235 g/mol. The number of ether oxygens (including phenoxy) is 1. The molecule has 3 heteroatoms. The van der Waals surface area contributed by atoms with Crippen LogP contribution in [0.2, 0.25) is 0 Å². The smallest absolute Gasteiger partial charge is 0.137 e. The van der Waals surface area contributed by atoms with Crippen molar-refractivity contribution in [1.29, 1.82) is 0 Å². The maximum Gasteiger partial charge on any atom is 0.137 e. The van der Waals surface area contributed by atoms with Gasteiger partial charge >= 0.3 is 0 Å². The van der Waals surface area contributed by atoms with E-state index < -0.39 is 0 Å². The van der Waals surface area contributed by atoms with Crippen LogP contribution in [0.1, 0.15) is 24.8 Å². The number of fused-ring (bicyclic) bond motifs is 1. The molecule has 1 aromatic rings. The summed E-state index contributed by atoms with van der Waals surface area (Å²) in [7, 11) is 0. The lowest BCUT2D eigenvalue weighted by Gasteiger charge is -2.23. The number of hydrogen-bond donors (Lipinski definition) is 0. The van der Waals surface area contributed by atoms with Crippen molar-refractivity contribution >= 4 is 15.9 Å². The van der Waals surface area contributed by atoms with Crippen molar-refractivity contribution in [2.24, 2.45) is 0 Å². The molecule has 0 radical (unpaired) electrons. The molecule has 70 valence electrons. The third-order valence-electron chi connectivity index (χ3n) is 2.39. The van der Waals surface area contributed by atoms with Crippen molar-refractivity contribution in [3.05, 3.63) is 28.0 Å². The maximum absolute atomic E-state index is 13.2. The zero-order valence-electron chi connectivity index (χ0n) is 7.31. The molecule has 0 aromatic heterocycles. The lowest BCUT2D eigenvalue weighted by atomic mass is 9.95. The van der Waals surface area contributed by atoms with E-state index >= 15 is 0 Å². The van der Waals surface area contributed by atoms with Gasteiger partial charge in [0.15, 0.2) is 0 Å². The van der Waals surface area contributed by atoms with Gasteiger partial charge < -0.3 is 4.74 Å². The first-order chi connectivity index (χ1) is 6.18. The molecule has 0 amide bonds. The Morgan fingerprint density at radius 3 is 3.08 bits per heavy atom. The van der Waals surface area contributed by atoms with E-state index in [1.165, 1.54) is 0 Å². The van der Waals surface area contributed by atoms with Crippen LogP contribution in [-0.2, 0) is 0 Å². The van der Waals surface area contributed by atoms with E-state index in [1.807, 2.05) is 0 Å². The standard InChI is InChI=1S/C10H10BrFO/c1-6-2-3-13-10-5-8(11)9(12)4-7(6)10/h4-6H,2-3H2,1H3/t6-/m1/s1. The second kappa shape index (κ2) is 3.29. The predicted octanol–water partition coefficient (Wildman–Crippen LogP) is 3.47. The average molecular weight is 245 g/mol. The first-order valence-electron chi connectivity index (χ1n) is 4.30. The molecule has 0 spiro atoms. The van der Waals surface area contributed by atoms with Gasteiger partial charge in [-0.15, -0.1) is 0 Å². The lowest BCUT2D eigenvalue weighted by Crippen LogP contribution is -2.12. The van der Waals surface area contributed by atoms with E-state index in [1.54, 1.807) is 12.1 Å². The van der Waals surface area contributed by atoms with Crippen LogP contribution in [0.3, 0.4) is 0 Å². The Labute approximate surface area is 85.0 Å². The summed E-state index contributed by atoms with van der Waals surface area (Å²) in [5.74, 6) is 0.995. The summed E-state index contributed by atoms with van der Waals surface area (Å²) < 4.78 is 19.1. The van der Waals surface area contributed by atoms with Crippen molar-refractivity contribution < 1.29 is 9.13 Å². The minimum Gasteiger partial charge on any atom is -0.493 e. The van der Waals surface area contributed by atoms with Gasteiger partial charge in [-0.1, -0.05) is 6.92 Å². The van der Waals surface area contributed by atoms with Crippen LogP contribution < -0.4 is 4.74 Å². The predicted molar refractivity (Wildman–Crippen MR) is 52.6 cm³/mol. The highest BCUT2D eigenvalue weighted by atomic mass is 79.9. The van der Waals surface area contributed by atoms with Gasteiger partial charge in [0.1, 0.15) is 11.6 Å². The molecule has 1 nitrogen and oxygen atoms in total. The van der Waals surface area contributed by atoms with Crippen LogP contribution in [0.25, 0.3) is 0 Å². The number of rotatable bonds is 0. The summed E-state index contributed by atoms with van der Waals surface area (Å²) in [6, 6.07) is 3.27. The summed E-state index contributed by atoms with van der Waals surface area (Å²) in [5.41, 5.74) is 0.979.